The molecule has 0 saturated carbocycles. The van der Waals surface area contributed by atoms with E-state index in [4.69, 9.17) is 0 Å². The van der Waals surface area contributed by atoms with E-state index in [1.165, 1.54) is 6.33 Å². The van der Waals surface area contributed by atoms with Crippen molar-refractivity contribution in [1.82, 2.24) is 19.5 Å². The molecule has 2 aromatic rings. The molecule has 0 spiro atoms. The lowest BCUT2D eigenvalue weighted by atomic mass is 10.2. The van der Waals surface area contributed by atoms with Crippen LogP contribution in [-0.2, 0) is 0 Å². The van der Waals surface area contributed by atoms with Gasteiger partial charge in [-0.1, -0.05) is 12.2 Å². The van der Waals surface area contributed by atoms with Gasteiger partial charge in [0.05, 0.1) is 24.8 Å². The molecule has 0 bridgehead atoms. The third-order valence-corrected chi connectivity index (χ3v) is 2.76. The number of aliphatic hydroxyl groups excluding tert-OH is 1. The van der Waals surface area contributed by atoms with Crippen LogP contribution in [0.3, 0.4) is 0 Å². The van der Waals surface area contributed by atoms with Crippen LogP contribution in [0.15, 0.2) is 29.6 Å². The molecule has 2 heterocycles. The summed E-state index contributed by atoms with van der Waals surface area (Å²) in [5, 5.41) is 9.42. The van der Waals surface area contributed by atoms with E-state index in [0.29, 0.717) is 17.6 Å². The molecule has 6 nitrogen and oxygen atoms in total. The number of allylic oxidation sites excluding steroid dienone is 1. The molecule has 0 aromatic carbocycles. The first-order valence-electron chi connectivity index (χ1n) is 5.02. The van der Waals surface area contributed by atoms with Gasteiger partial charge in [0.15, 0.2) is 11.2 Å². The van der Waals surface area contributed by atoms with Crippen LogP contribution in [-0.4, -0.2) is 30.7 Å². The highest BCUT2D eigenvalue weighted by Gasteiger charge is 2.20. The minimum atomic E-state index is -0.426. The Bertz CT molecular complexity index is 613. The lowest BCUT2D eigenvalue weighted by Crippen LogP contribution is -2.10. The van der Waals surface area contributed by atoms with Crippen LogP contribution < -0.4 is 5.56 Å². The van der Waals surface area contributed by atoms with E-state index in [1.807, 2.05) is 6.08 Å². The highest BCUT2D eigenvalue weighted by atomic mass is 16.3. The number of aliphatic hydroxyl groups is 1. The largest absolute Gasteiger partial charge is 0.389 e. The number of imidazole rings is 1. The maximum absolute atomic E-state index is 11.4. The molecule has 0 fully saturated rings. The smallest absolute Gasteiger partial charge is 0.278 e. The minimum absolute atomic E-state index is 0.0225. The molecule has 0 unspecified atom stereocenters. The van der Waals surface area contributed by atoms with E-state index < -0.39 is 6.10 Å². The van der Waals surface area contributed by atoms with E-state index in [1.54, 1.807) is 17.0 Å². The summed E-state index contributed by atoms with van der Waals surface area (Å²) in [7, 11) is 0. The lowest BCUT2D eigenvalue weighted by molar-refractivity contribution is 0.211. The molecule has 82 valence electrons. The Kier molecular flexibility index (Phi) is 1.90. The Labute approximate surface area is 90.3 Å². The Hall–Kier alpha value is -1.95. The molecular formula is C10H10N4O2. The number of aromatic nitrogens is 4. The number of H-pyrrole nitrogens is 1. The van der Waals surface area contributed by atoms with Crippen LogP contribution >= 0.6 is 0 Å². The number of aromatic amines is 1. The van der Waals surface area contributed by atoms with Gasteiger partial charge in [-0.2, -0.15) is 0 Å². The molecule has 6 heteroatoms. The zero-order valence-corrected chi connectivity index (χ0v) is 8.37. The molecule has 3 rings (SSSR count). The first-order valence-corrected chi connectivity index (χ1v) is 5.02. The van der Waals surface area contributed by atoms with Crippen LogP contribution in [0.4, 0.5) is 0 Å². The van der Waals surface area contributed by atoms with Gasteiger partial charge in [0.1, 0.15) is 0 Å². The monoisotopic (exact) mass is 218 g/mol. The lowest BCUT2D eigenvalue weighted by Gasteiger charge is -2.10. The fourth-order valence-corrected chi connectivity index (χ4v) is 1.97. The van der Waals surface area contributed by atoms with Gasteiger partial charge in [0.25, 0.3) is 5.56 Å². The zero-order valence-electron chi connectivity index (χ0n) is 8.37. The van der Waals surface area contributed by atoms with Crippen molar-refractivity contribution in [3.63, 3.8) is 0 Å². The van der Waals surface area contributed by atoms with Gasteiger partial charge < -0.3 is 14.7 Å². The van der Waals surface area contributed by atoms with Gasteiger partial charge in [-0.25, -0.2) is 9.97 Å². The summed E-state index contributed by atoms with van der Waals surface area (Å²) in [5.41, 5.74) is 0.635. The van der Waals surface area contributed by atoms with Crippen molar-refractivity contribution in [2.24, 2.45) is 0 Å². The van der Waals surface area contributed by atoms with E-state index in [-0.39, 0.29) is 11.6 Å². The predicted octanol–water partition coefficient (Wildman–Crippen LogP) is -0.0185. The highest BCUT2D eigenvalue weighted by molar-refractivity contribution is 5.69. The summed E-state index contributed by atoms with van der Waals surface area (Å²) in [6, 6.07) is 0.0225. The third kappa shape index (κ3) is 1.27. The zero-order chi connectivity index (χ0) is 11.1. The Morgan fingerprint density at radius 2 is 2.31 bits per heavy atom. The van der Waals surface area contributed by atoms with E-state index >= 15 is 0 Å². The Morgan fingerprint density at radius 3 is 3.06 bits per heavy atom. The molecule has 1 aliphatic rings. The number of fused-ring (bicyclic) bond motifs is 1. The van der Waals surface area contributed by atoms with E-state index in [9.17, 15) is 9.90 Å². The number of nitrogens with one attached hydrogen (secondary N) is 1. The Morgan fingerprint density at radius 1 is 1.44 bits per heavy atom. The van der Waals surface area contributed by atoms with Crippen LogP contribution in [0.25, 0.3) is 11.2 Å². The molecule has 2 aromatic heterocycles. The van der Waals surface area contributed by atoms with Gasteiger partial charge in [0, 0.05) is 6.42 Å². The average molecular weight is 218 g/mol. The quantitative estimate of drug-likeness (QED) is 0.659. The maximum atomic E-state index is 11.4. The van der Waals surface area contributed by atoms with Crippen molar-refractivity contribution in [1.29, 1.82) is 0 Å². The van der Waals surface area contributed by atoms with Crippen molar-refractivity contribution in [3.05, 3.63) is 35.2 Å². The average Bonchev–Trinajstić information content (AvgIpc) is 2.84. The molecule has 2 N–H and O–H groups in total. The van der Waals surface area contributed by atoms with Crippen molar-refractivity contribution in [2.45, 2.75) is 18.6 Å². The second-order valence-electron chi connectivity index (χ2n) is 3.81. The third-order valence-electron chi connectivity index (χ3n) is 2.76. The van der Waals surface area contributed by atoms with Crippen molar-refractivity contribution >= 4 is 11.2 Å². The Balaban J connectivity index is 2.15. The fourth-order valence-electron chi connectivity index (χ4n) is 1.97. The summed E-state index contributed by atoms with van der Waals surface area (Å²) in [4.78, 5) is 22.0. The predicted molar refractivity (Wildman–Crippen MR) is 56.9 cm³/mol. The molecular weight excluding hydrogens is 208 g/mol. The van der Waals surface area contributed by atoms with E-state index in [2.05, 4.69) is 15.0 Å². The van der Waals surface area contributed by atoms with Crippen molar-refractivity contribution in [3.8, 4) is 0 Å². The minimum Gasteiger partial charge on any atom is -0.389 e. The topological polar surface area (TPSA) is 83.8 Å². The SMILES string of the molecule is O=c1[nH]cnc2c1ncn2[C@H]1C=C[C@@H](O)C1. The van der Waals surface area contributed by atoms with Gasteiger partial charge in [0.2, 0.25) is 0 Å². The molecule has 0 radical (unpaired) electrons. The van der Waals surface area contributed by atoms with Gasteiger partial charge in [-0.05, 0) is 0 Å². The second kappa shape index (κ2) is 3.28. The number of hydrogen-bond donors (Lipinski definition) is 2. The first-order chi connectivity index (χ1) is 7.75. The first kappa shape index (κ1) is 9.29. The van der Waals surface area contributed by atoms with Gasteiger partial charge >= 0.3 is 0 Å². The summed E-state index contributed by atoms with van der Waals surface area (Å²) < 4.78 is 1.80. The highest BCUT2D eigenvalue weighted by Crippen LogP contribution is 2.24. The normalized spacial score (nSPS) is 24.3. The summed E-state index contributed by atoms with van der Waals surface area (Å²) in [6.45, 7) is 0. The molecule has 16 heavy (non-hydrogen) atoms. The maximum Gasteiger partial charge on any atom is 0.278 e. The van der Waals surface area contributed by atoms with Crippen LogP contribution in [0.2, 0.25) is 0 Å². The molecule has 0 amide bonds. The molecule has 0 saturated heterocycles. The number of nitrogens with zero attached hydrogens (tertiary/aromatic N) is 3. The van der Waals surface area contributed by atoms with Gasteiger partial charge in [-0.3, -0.25) is 4.79 Å². The molecule has 0 aliphatic heterocycles. The van der Waals surface area contributed by atoms with Crippen LogP contribution in [0, 0.1) is 0 Å². The van der Waals surface area contributed by atoms with Crippen LogP contribution in [0.1, 0.15) is 12.5 Å². The van der Waals surface area contributed by atoms with Crippen LogP contribution in [0.5, 0.6) is 0 Å². The summed E-state index contributed by atoms with van der Waals surface area (Å²) in [6.07, 6.45) is 6.75. The summed E-state index contributed by atoms with van der Waals surface area (Å²) in [5.74, 6) is 0. The fraction of sp³-hybridized carbons (Fsp3) is 0.300. The number of hydrogen-bond acceptors (Lipinski definition) is 4. The standard InChI is InChI=1S/C10H10N4O2/c15-7-2-1-6(3-7)14-5-13-8-9(14)11-4-12-10(8)16/h1-2,4-7,15H,3H2,(H,11,12,16)/t6-,7+/m0/s1. The van der Waals surface area contributed by atoms with Gasteiger partial charge in [-0.15, -0.1) is 0 Å². The van der Waals surface area contributed by atoms with Crippen molar-refractivity contribution in [2.75, 3.05) is 0 Å². The second-order valence-corrected chi connectivity index (χ2v) is 3.81. The van der Waals surface area contributed by atoms with Crippen molar-refractivity contribution < 1.29 is 5.11 Å². The molecule has 1 aliphatic carbocycles. The molecule has 2 atom stereocenters. The number of rotatable bonds is 1. The summed E-state index contributed by atoms with van der Waals surface area (Å²) >= 11 is 0. The van der Waals surface area contributed by atoms with E-state index in [0.717, 1.165) is 0 Å².